The predicted octanol–water partition coefficient (Wildman–Crippen LogP) is 0.915. The number of carbonyl (C=O) groups excluding carboxylic acids is 1. The fourth-order valence-electron chi connectivity index (χ4n) is 1.66. The van der Waals surface area contributed by atoms with Crippen molar-refractivity contribution >= 4 is 5.97 Å². The van der Waals surface area contributed by atoms with E-state index in [2.05, 4.69) is 9.84 Å². The number of carbonyl (C=O) groups is 1. The van der Waals surface area contributed by atoms with Gasteiger partial charge in [0, 0.05) is 12.6 Å². The minimum atomic E-state index is -0.672. The lowest BCUT2D eigenvalue weighted by Crippen LogP contribution is -2.33. The van der Waals surface area contributed by atoms with Crippen LogP contribution < -0.4 is 5.73 Å². The van der Waals surface area contributed by atoms with Crippen LogP contribution in [-0.2, 0) is 16.0 Å². The van der Waals surface area contributed by atoms with E-state index in [1.54, 1.807) is 4.68 Å². The minimum absolute atomic E-state index is 0.368. The number of para-hydroxylation sites is 1. The lowest BCUT2D eigenvalue weighted by molar-refractivity contribution is -0.142. The fourth-order valence-corrected chi connectivity index (χ4v) is 1.66. The van der Waals surface area contributed by atoms with Crippen molar-refractivity contribution in [3.8, 4) is 5.69 Å². The van der Waals surface area contributed by atoms with Crippen molar-refractivity contribution < 1.29 is 9.53 Å². The van der Waals surface area contributed by atoms with Gasteiger partial charge in [0.1, 0.15) is 6.04 Å². The van der Waals surface area contributed by atoms with Crippen molar-refractivity contribution in [1.29, 1.82) is 0 Å². The zero-order valence-corrected chi connectivity index (χ0v) is 10.1. The van der Waals surface area contributed by atoms with Crippen LogP contribution in [0.15, 0.2) is 42.6 Å². The number of nitrogens with zero attached hydrogens (tertiary/aromatic N) is 2. The molecule has 2 aromatic rings. The van der Waals surface area contributed by atoms with E-state index in [0.29, 0.717) is 6.42 Å². The largest absolute Gasteiger partial charge is 0.468 e. The van der Waals surface area contributed by atoms with Crippen LogP contribution in [0.5, 0.6) is 0 Å². The van der Waals surface area contributed by atoms with Crippen LogP contribution in [0.3, 0.4) is 0 Å². The Morgan fingerprint density at radius 1 is 1.39 bits per heavy atom. The third-order valence-electron chi connectivity index (χ3n) is 2.60. The molecule has 1 unspecified atom stereocenters. The third-order valence-corrected chi connectivity index (χ3v) is 2.60. The minimum Gasteiger partial charge on any atom is -0.468 e. The van der Waals surface area contributed by atoms with E-state index in [1.807, 2.05) is 42.6 Å². The lowest BCUT2D eigenvalue weighted by Gasteiger charge is -2.06. The average molecular weight is 245 g/mol. The number of ether oxygens (including phenoxy) is 1. The molecular weight excluding hydrogens is 230 g/mol. The predicted molar refractivity (Wildman–Crippen MR) is 67.3 cm³/mol. The molecule has 1 aromatic carbocycles. The van der Waals surface area contributed by atoms with Crippen molar-refractivity contribution in [3.05, 3.63) is 48.3 Å². The second-order valence-corrected chi connectivity index (χ2v) is 3.92. The molecule has 0 amide bonds. The van der Waals surface area contributed by atoms with E-state index in [-0.39, 0.29) is 0 Å². The van der Waals surface area contributed by atoms with Crippen molar-refractivity contribution in [2.24, 2.45) is 5.73 Å². The number of aromatic nitrogens is 2. The smallest absolute Gasteiger partial charge is 0.323 e. The van der Waals surface area contributed by atoms with Crippen LogP contribution in [0.2, 0.25) is 0 Å². The van der Waals surface area contributed by atoms with Crippen LogP contribution in [0.25, 0.3) is 5.69 Å². The molecule has 1 atom stereocenters. The molecule has 0 spiro atoms. The molecule has 0 saturated heterocycles. The number of hydrogen-bond donors (Lipinski definition) is 1. The Bertz CT molecular complexity index is 522. The van der Waals surface area contributed by atoms with E-state index in [9.17, 15) is 4.79 Å². The summed E-state index contributed by atoms with van der Waals surface area (Å²) in [6.45, 7) is 0. The Morgan fingerprint density at radius 3 is 2.78 bits per heavy atom. The van der Waals surface area contributed by atoms with Gasteiger partial charge in [0.2, 0.25) is 0 Å². The first-order valence-electron chi connectivity index (χ1n) is 5.64. The highest BCUT2D eigenvalue weighted by atomic mass is 16.5. The van der Waals surface area contributed by atoms with Crippen LogP contribution in [0.1, 0.15) is 5.69 Å². The Balaban J connectivity index is 2.09. The van der Waals surface area contributed by atoms with Crippen molar-refractivity contribution in [3.63, 3.8) is 0 Å². The second-order valence-electron chi connectivity index (χ2n) is 3.92. The number of esters is 1. The molecular formula is C13H15N3O2. The first kappa shape index (κ1) is 12.3. The lowest BCUT2D eigenvalue weighted by atomic mass is 10.2. The van der Waals surface area contributed by atoms with E-state index in [1.165, 1.54) is 7.11 Å². The van der Waals surface area contributed by atoms with Crippen LogP contribution in [0, 0.1) is 0 Å². The summed E-state index contributed by atoms with van der Waals surface area (Å²) in [6.07, 6.45) is 2.21. The van der Waals surface area contributed by atoms with E-state index in [0.717, 1.165) is 11.4 Å². The topological polar surface area (TPSA) is 70.1 Å². The SMILES string of the molecule is COC(=O)C(N)Cc1ccn(-c2ccccc2)n1. The molecule has 2 N–H and O–H groups in total. The van der Waals surface area contributed by atoms with Gasteiger partial charge in [0.15, 0.2) is 0 Å². The van der Waals surface area contributed by atoms with Crippen molar-refractivity contribution in [2.45, 2.75) is 12.5 Å². The monoisotopic (exact) mass is 245 g/mol. The molecule has 0 radical (unpaired) electrons. The number of benzene rings is 1. The summed E-state index contributed by atoms with van der Waals surface area (Å²) in [7, 11) is 1.32. The molecule has 0 aliphatic rings. The molecule has 0 aliphatic heterocycles. The summed E-state index contributed by atoms with van der Waals surface area (Å²) in [4.78, 5) is 11.2. The molecule has 1 aromatic heterocycles. The van der Waals surface area contributed by atoms with Gasteiger partial charge < -0.3 is 10.5 Å². The molecule has 0 fully saturated rings. The van der Waals surface area contributed by atoms with Gasteiger partial charge in [-0.25, -0.2) is 4.68 Å². The van der Waals surface area contributed by atoms with Crippen LogP contribution >= 0.6 is 0 Å². The van der Waals surface area contributed by atoms with Gasteiger partial charge >= 0.3 is 5.97 Å². The molecule has 5 heteroatoms. The molecule has 2 rings (SSSR count). The van der Waals surface area contributed by atoms with Gasteiger partial charge in [0.25, 0.3) is 0 Å². The van der Waals surface area contributed by atoms with Gasteiger partial charge in [0.05, 0.1) is 18.5 Å². The van der Waals surface area contributed by atoms with E-state index >= 15 is 0 Å². The zero-order valence-electron chi connectivity index (χ0n) is 10.1. The van der Waals surface area contributed by atoms with Gasteiger partial charge in [-0.2, -0.15) is 5.10 Å². The standard InChI is InChI=1S/C13H15N3O2/c1-18-13(17)12(14)9-10-7-8-16(15-10)11-5-3-2-4-6-11/h2-8,12H,9,14H2,1H3. The van der Waals surface area contributed by atoms with Gasteiger partial charge in [-0.1, -0.05) is 18.2 Å². The Labute approximate surface area is 105 Å². The van der Waals surface area contributed by atoms with Gasteiger partial charge in [-0.05, 0) is 18.2 Å². The quantitative estimate of drug-likeness (QED) is 0.813. The summed E-state index contributed by atoms with van der Waals surface area (Å²) in [5.74, 6) is -0.427. The molecule has 0 bridgehead atoms. The average Bonchev–Trinajstić information content (AvgIpc) is 2.87. The summed E-state index contributed by atoms with van der Waals surface area (Å²) in [5.41, 5.74) is 7.41. The third kappa shape index (κ3) is 2.75. The maximum atomic E-state index is 11.2. The Morgan fingerprint density at radius 2 is 2.11 bits per heavy atom. The van der Waals surface area contributed by atoms with Gasteiger partial charge in [-0.3, -0.25) is 4.79 Å². The first-order chi connectivity index (χ1) is 8.70. The zero-order chi connectivity index (χ0) is 13.0. The highest BCUT2D eigenvalue weighted by Crippen LogP contribution is 2.08. The molecule has 5 nitrogen and oxygen atoms in total. The maximum absolute atomic E-state index is 11.2. The van der Waals surface area contributed by atoms with Gasteiger partial charge in [-0.15, -0.1) is 0 Å². The molecule has 1 heterocycles. The number of hydrogen-bond acceptors (Lipinski definition) is 4. The Hall–Kier alpha value is -2.14. The summed E-state index contributed by atoms with van der Waals surface area (Å²) >= 11 is 0. The maximum Gasteiger partial charge on any atom is 0.323 e. The van der Waals surface area contributed by atoms with E-state index < -0.39 is 12.0 Å². The van der Waals surface area contributed by atoms with Crippen LogP contribution in [-0.4, -0.2) is 28.9 Å². The van der Waals surface area contributed by atoms with E-state index in [4.69, 9.17) is 5.73 Å². The van der Waals surface area contributed by atoms with Crippen molar-refractivity contribution in [1.82, 2.24) is 9.78 Å². The molecule has 94 valence electrons. The second kappa shape index (κ2) is 5.46. The summed E-state index contributed by atoms with van der Waals surface area (Å²) in [6, 6.07) is 10.9. The van der Waals surface area contributed by atoms with Crippen LogP contribution in [0.4, 0.5) is 0 Å². The summed E-state index contributed by atoms with van der Waals surface area (Å²) in [5, 5.41) is 4.37. The Kier molecular flexibility index (Phi) is 3.74. The summed E-state index contributed by atoms with van der Waals surface area (Å²) < 4.78 is 6.33. The molecule has 0 saturated carbocycles. The highest BCUT2D eigenvalue weighted by molar-refractivity contribution is 5.75. The van der Waals surface area contributed by atoms with Crippen molar-refractivity contribution in [2.75, 3.05) is 7.11 Å². The highest BCUT2D eigenvalue weighted by Gasteiger charge is 2.15. The fraction of sp³-hybridized carbons (Fsp3) is 0.231. The number of methoxy groups -OCH3 is 1. The molecule has 18 heavy (non-hydrogen) atoms. The number of rotatable bonds is 4. The molecule has 0 aliphatic carbocycles. The first-order valence-corrected chi connectivity index (χ1v) is 5.64. The number of nitrogens with two attached hydrogens (primary N) is 1. The normalized spacial score (nSPS) is 12.1.